The van der Waals surface area contributed by atoms with Gasteiger partial charge in [0.2, 0.25) is 5.91 Å². The van der Waals surface area contributed by atoms with Gasteiger partial charge in [0.05, 0.1) is 22.7 Å². The highest BCUT2D eigenvalue weighted by Gasteiger charge is 2.14. The summed E-state index contributed by atoms with van der Waals surface area (Å²) >= 11 is 0. The maximum atomic E-state index is 11.7. The van der Waals surface area contributed by atoms with E-state index in [9.17, 15) is 13.2 Å². The summed E-state index contributed by atoms with van der Waals surface area (Å²) < 4.78 is 25.3. The largest absolute Gasteiger partial charge is 0.354 e. The average molecular weight is 515 g/mol. The van der Waals surface area contributed by atoms with Crippen molar-refractivity contribution >= 4 is 48.9 Å². The first kappa shape index (κ1) is 24.4. The fourth-order valence-electron chi connectivity index (χ4n) is 4.28. The second kappa shape index (κ2) is 9.62. The smallest absolute Gasteiger partial charge is 0.216 e. The van der Waals surface area contributed by atoms with Gasteiger partial charge < -0.3 is 10.6 Å². The quantitative estimate of drug-likeness (QED) is 0.333. The van der Waals surface area contributed by atoms with E-state index < -0.39 is 9.84 Å². The number of carbonyl (C=O) groups is 1. The number of nitrogens with one attached hydrogen (secondary N) is 2. The van der Waals surface area contributed by atoms with Crippen LogP contribution in [0.1, 0.15) is 12.5 Å². The highest BCUT2D eigenvalue weighted by Crippen LogP contribution is 2.33. The van der Waals surface area contributed by atoms with Crippen molar-refractivity contribution in [1.29, 1.82) is 0 Å². The molecule has 37 heavy (non-hydrogen) atoms. The first-order valence-corrected chi connectivity index (χ1v) is 13.6. The van der Waals surface area contributed by atoms with E-state index in [4.69, 9.17) is 4.98 Å². The van der Waals surface area contributed by atoms with Gasteiger partial charge in [-0.05, 0) is 55.0 Å². The van der Waals surface area contributed by atoms with E-state index in [1.54, 1.807) is 36.7 Å². The van der Waals surface area contributed by atoms with Crippen LogP contribution in [0.5, 0.6) is 0 Å². The van der Waals surface area contributed by atoms with Crippen LogP contribution >= 0.6 is 0 Å². The second-order valence-electron chi connectivity index (χ2n) is 8.92. The van der Waals surface area contributed by atoms with Crippen molar-refractivity contribution in [1.82, 2.24) is 25.1 Å². The van der Waals surface area contributed by atoms with Crippen LogP contribution in [0.2, 0.25) is 0 Å². The Morgan fingerprint density at radius 3 is 2.54 bits per heavy atom. The van der Waals surface area contributed by atoms with Gasteiger partial charge in [0.15, 0.2) is 9.84 Å². The van der Waals surface area contributed by atoms with Crippen LogP contribution in [0.4, 0.5) is 11.5 Å². The van der Waals surface area contributed by atoms with Gasteiger partial charge in [0.25, 0.3) is 0 Å². The van der Waals surface area contributed by atoms with E-state index in [2.05, 4.69) is 27.6 Å². The summed E-state index contributed by atoms with van der Waals surface area (Å²) in [5.74, 6) is 0.560. The highest BCUT2D eigenvalue weighted by atomic mass is 32.2. The van der Waals surface area contributed by atoms with E-state index in [0.717, 1.165) is 44.2 Å². The molecule has 3 heterocycles. The van der Waals surface area contributed by atoms with Gasteiger partial charge >= 0.3 is 0 Å². The monoisotopic (exact) mass is 514 g/mol. The number of pyridine rings is 2. The molecule has 188 valence electrons. The fourth-order valence-corrected chi connectivity index (χ4v) is 4.91. The number of sulfone groups is 1. The van der Waals surface area contributed by atoms with Crippen LogP contribution in [-0.4, -0.2) is 46.9 Å². The normalized spacial score (nSPS) is 11.6. The summed E-state index contributed by atoms with van der Waals surface area (Å²) in [4.78, 5) is 20.7. The van der Waals surface area contributed by atoms with Crippen LogP contribution in [0, 0.1) is 6.92 Å². The van der Waals surface area contributed by atoms with Crippen LogP contribution in [0.3, 0.4) is 0 Å². The lowest BCUT2D eigenvalue weighted by atomic mass is 9.98. The van der Waals surface area contributed by atoms with Crippen molar-refractivity contribution in [3.8, 4) is 11.3 Å². The van der Waals surface area contributed by atoms with Gasteiger partial charge in [0.1, 0.15) is 5.82 Å². The third-order valence-corrected chi connectivity index (χ3v) is 7.31. The summed E-state index contributed by atoms with van der Waals surface area (Å²) in [6, 6.07) is 14.5. The zero-order chi connectivity index (χ0) is 26.2. The van der Waals surface area contributed by atoms with Gasteiger partial charge in [0, 0.05) is 65.7 Å². The predicted molar refractivity (Wildman–Crippen MR) is 145 cm³/mol. The number of aryl methyl sites for hydroxylation is 1. The summed E-state index contributed by atoms with van der Waals surface area (Å²) in [7, 11) is -3.26. The van der Waals surface area contributed by atoms with Crippen molar-refractivity contribution < 1.29 is 13.2 Å². The lowest BCUT2D eigenvalue weighted by Gasteiger charge is -2.11. The molecule has 0 spiro atoms. The Kier molecular flexibility index (Phi) is 6.34. The van der Waals surface area contributed by atoms with Gasteiger partial charge in [-0.1, -0.05) is 6.07 Å². The van der Waals surface area contributed by atoms with Gasteiger partial charge in [-0.2, -0.15) is 5.10 Å². The van der Waals surface area contributed by atoms with Crippen molar-refractivity contribution in [2.75, 3.05) is 18.1 Å². The zero-order valence-electron chi connectivity index (χ0n) is 20.7. The molecule has 2 aromatic carbocycles. The van der Waals surface area contributed by atoms with Crippen molar-refractivity contribution in [3.63, 3.8) is 0 Å². The third kappa shape index (κ3) is 5.14. The molecule has 0 saturated heterocycles. The van der Waals surface area contributed by atoms with Crippen LogP contribution in [-0.2, 0) is 21.2 Å². The molecule has 2 N–H and O–H groups in total. The maximum Gasteiger partial charge on any atom is 0.216 e. The molecule has 0 bridgehead atoms. The summed E-state index contributed by atoms with van der Waals surface area (Å²) in [5, 5.41) is 13.6. The lowest BCUT2D eigenvalue weighted by Crippen LogP contribution is -2.24. The Morgan fingerprint density at radius 2 is 1.81 bits per heavy atom. The molecule has 0 radical (unpaired) electrons. The number of benzene rings is 2. The maximum absolute atomic E-state index is 11.7. The van der Waals surface area contributed by atoms with E-state index in [-0.39, 0.29) is 10.8 Å². The van der Waals surface area contributed by atoms with E-state index in [0.29, 0.717) is 18.9 Å². The molecule has 9 nitrogen and oxygen atoms in total. The Labute approximate surface area is 214 Å². The molecule has 5 rings (SSSR count). The molecule has 0 aliphatic carbocycles. The standard InChI is InChI=1S/C27H26N6O3S/c1-17-22(8-9-25-24(17)16-33(32-25)13-12-28-18(2)34)27-23-14-26(30-15-19(23)10-11-29-27)31-20-4-6-21(7-5-20)37(3,35)36/h4-11,14-16H,12-13H2,1-3H3,(H,28,34)(H,30,31). The number of anilines is 2. The number of carbonyl (C=O) groups excluding carboxylic acids is 1. The molecule has 0 fully saturated rings. The van der Waals surface area contributed by atoms with Crippen molar-refractivity contribution in [2.45, 2.75) is 25.3 Å². The number of rotatable bonds is 7. The number of hydrogen-bond acceptors (Lipinski definition) is 7. The summed E-state index contributed by atoms with van der Waals surface area (Å²) in [6.07, 6.45) is 6.75. The predicted octanol–water partition coefficient (Wildman–Crippen LogP) is 4.24. The van der Waals surface area contributed by atoms with Crippen molar-refractivity contribution in [3.05, 3.63) is 72.7 Å². The summed E-state index contributed by atoms with van der Waals surface area (Å²) in [6.45, 7) is 4.65. The van der Waals surface area contributed by atoms with Gasteiger partial charge in [-0.25, -0.2) is 13.4 Å². The minimum atomic E-state index is -3.26. The highest BCUT2D eigenvalue weighted by molar-refractivity contribution is 7.90. The molecule has 0 atom stereocenters. The topological polar surface area (TPSA) is 119 Å². The fraction of sp³-hybridized carbons (Fsp3) is 0.185. The number of hydrogen-bond donors (Lipinski definition) is 2. The zero-order valence-corrected chi connectivity index (χ0v) is 21.5. The van der Waals surface area contributed by atoms with Gasteiger partial charge in [-0.15, -0.1) is 0 Å². The molecule has 0 aliphatic heterocycles. The first-order valence-electron chi connectivity index (χ1n) is 11.7. The minimum Gasteiger partial charge on any atom is -0.354 e. The number of fused-ring (bicyclic) bond motifs is 2. The first-order chi connectivity index (χ1) is 17.7. The van der Waals surface area contributed by atoms with E-state index in [1.165, 1.54) is 13.2 Å². The average Bonchev–Trinajstić information content (AvgIpc) is 3.28. The Balaban J connectivity index is 1.49. The summed E-state index contributed by atoms with van der Waals surface area (Å²) in [5.41, 5.74) is 4.50. The number of amides is 1. The molecule has 5 aromatic rings. The van der Waals surface area contributed by atoms with Crippen LogP contribution < -0.4 is 10.6 Å². The van der Waals surface area contributed by atoms with E-state index >= 15 is 0 Å². The Bertz CT molecular complexity index is 1740. The number of aromatic nitrogens is 4. The van der Waals surface area contributed by atoms with E-state index in [1.807, 2.05) is 35.1 Å². The third-order valence-electron chi connectivity index (χ3n) is 6.18. The molecule has 0 saturated carbocycles. The number of nitrogens with zero attached hydrogens (tertiary/aromatic N) is 4. The SMILES string of the molecule is CC(=O)NCCn1cc2c(C)c(-c3nccc4cnc(Nc5ccc(S(C)(=O)=O)cc5)cc34)ccc2n1. The molecular weight excluding hydrogens is 488 g/mol. The molecule has 3 aromatic heterocycles. The molecule has 10 heteroatoms. The molecular formula is C27H26N6O3S. The lowest BCUT2D eigenvalue weighted by molar-refractivity contribution is -0.118. The molecule has 1 amide bonds. The second-order valence-corrected chi connectivity index (χ2v) is 10.9. The van der Waals surface area contributed by atoms with Crippen molar-refractivity contribution in [2.24, 2.45) is 0 Å². The van der Waals surface area contributed by atoms with Gasteiger partial charge in [-0.3, -0.25) is 14.5 Å². The molecule has 0 aliphatic rings. The van der Waals surface area contributed by atoms with Crippen LogP contribution in [0.15, 0.2) is 72.0 Å². The minimum absolute atomic E-state index is 0.0634. The van der Waals surface area contributed by atoms with Crippen LogP contribution in [0.25, 0.3) is 32.9 Å². The molecule has 0 unspecified atom stereocenters. The Hall–Kier alpha value is -4.31. The Morgan fingerprint density at radius 1 is 1.03 bits per heavy atom.